The molecule has 0 heterocycles. The summed E-state index contributed by atoms with van der Waals surface area (Å²) in [5, 5.41) is 0. The smallest absolute Gasteiger partial charge is 0.348 e. The third-order valence-corrected chi connectivity index (χ3v) is 19.3. The van der Waals surface area contributed by atoms with Gasteiger partial charge in [-0.3, -0.25) is 0 Å². The maximum atomic E-state index is 9.73. The van der Waals surface area contributed by atoms with Crippen molar-refractivity contribution < 1.29 is 22.8 Å². The summed E-state index contributed by atoms with van der Waals surface area (Å²) in [6.45, 7) is 18.3. The van der Waals surface area contributed by atoms with Gasteiger partial charge in [-0.2, -0.15) is 0 Å². The summed E-state index contributed by atoms with van der Waals surface area (Å²) in [6.07, 6.45) is 71.1. The van der Waals surface area contributed by atoms with Crippen LogP contribution in [0.1, 0.15) is 397 Å². The molecule has 0 fully saturated rings. The molecule has 0 saturated heterocycles. The van der Waals surface area contributed by atoms with Gasteiger partial charge in [0.15, 0.2) is 0 Å². The van der Waals surface area contributed by atoms with E-state index < -0.39 is 0 Å². The number of benzene rings is 2. The van der Waals surface area contributed by atoms with Crippen LogP contribution in [0.15, 0.2) is 47.5 Å². The van der Waals surface area contributed by atoms with E-state index in [-0.39, 0.29) is 0 Å². The van der Waals surface area contributed by atoms with Crippen LogP contribution in [0.2, 0.25) is 9.79 Å². The molecular formula is C78H138N2Pd. The molecule has 2 aromatic carbocycles. The summed E-state index contributed by atoms with van der Waals surface area (Å²) in [4.78, 5) is 6.57. The van der Waals surface area contributed by atoms with Crippen molar-refractivity contribution in [3.8, 4) is 0 Å². The van der Waals surface area contributed by atoms with Crippen molar-refractivity contribution in [3.63, 3.8) is 0 Å². The molecule has 0 saturated carbocycles. The minimum atomic E-state index is 0.881. The number of hydrogen-bond donors (Lipinski definition) is 0. The van der Waals surface area contributed by atoms with Crippen LogP contribution in [0, 0.1) is 0 Å². The van der Waals surface area contributed by atoms with Gasteiger partial charge in [-0.05, 0) is 115 Å². The Hall–Kier alpha value is -2.00. The third kappa shape index (κ3) is 44.2. The van der Waals surface area contributed by atoms with E-state index in [1.807, 2.05) is 0 Å². The zero-order valence-corrected chi connectivity index (χ0v) is 57.4. The van der Waals surface area contributed by atoms with Gasteiger partial charge in [0.1, 0.15) is 0 Å². The average molecular weight is 1210 g/mol. The number of hydrogen-bond acceptors (Lipinski definition) is 0. The predicted molar refractivity (Wildman–Crippen MR) is 362 cm³/mol. The standard InChI is InChI=1S/C42H64N2.2C18H37.Pd/c1-7-13-18-20-24-36-28-37(25-21-19-14-8-2)32-40(31-36)42(41(12-6)38(33-44-43)26-17-11-5)39-29-34(22-15-9-3)27-35(30-39)23-16-10-4;2*1-3-5-7-9-11-13-15-17-18-16-14-12-10-8-6-4-2;/h27-32H,7-26H2,1-6H3;2*1,3-18H2,2H3;. The summed E-state index contributed by atoms with van der Waals surface area (Å²) >= 11 is 1.06. The van der Waals surface area contributed by atoms with Crippen molar-refractivity contribution in [3.05, 3.63) is 86.5 Å². The Morgan fingerprint density at radius 2 is 0.580 bits per heavy atom. The average Bonchev–Trinajstić information content (AvgIpc) is 3.57. The molecule has 0 atom stereocenters. The van der Waals surface area contributed by atoms with E-state index in [9.17, 15) is 5.53 Å². The number of aryl methyl sites for hydroxylation is 4. The van der Waals surface area contributed by atoms with Crippen LogP contribution in [0.5, 0.6) is 0 Å². The van der Waals surface area contributed by atoms with Gasteiger partial charge in [0.2, 0.25) is 0 Å². The van der Waals surface area contributed by atoms with Crippen LogP contribution in [0.25, 0.3) is 11.1 Å². The second-order valence-corrected chi connectivity index (χ2v) is 27.3. The van der Waals surface area contributed by atoms with E-state index in [4.69, 9.17) is 0 Å². The molecule has 0 bridgehead atoms. The quantitative estimate of drug-likeness (QED) is 0.0158. The summed E-state index contributed by atoms with van der Waals surface area (Å²) in [7, 11) is 0. The fraction of sp³-hybridized carbons (Fsp3) is 0.795. The molecule has 2 nitrogen and oxygen atoms in total. The minimum absolute atomic E-state index is 0.881. The molecule has 0 aliphatic rings. The Kier molecular flexibility index (Phi) is 56.8. The van der Waals surface area contributed by atoms with Crippen LogP contribution in [0.3, 0.4) is 0 Å². The van der Waals surface area contributed by atoms with Crippen LogP contribution < -0.4 is 0 Å². The van der Waals surface area contributed by atoms with E-state index >= 15 is 0 Å². The molecule has 2 aromatic rings. The molecule has 470 valence electrons. The van der Waals surface area contributed by atoms with Gasteiger partial charge in [0.05, 0.1) is 5.57 Å². The summed E-state index contributed by atoms with van der Waals surface area (Å²) in [5.41, 5.74) is 21.9. The molecule has 2 rings (SSSR count). The summed E-state index contributed by atoms with van der Waals surface area (Å²) < 4.78 is 0. The van der Waals surface area contributed by atoms with E-state index in [0.29, 0.717) is 0 Å². The molecular weight excluding hydrogens is 1070 g/mol. The van der Waals surface area contributed by atoms with Crippen molar-refractivity contribution in [1.29, 1.82) is 0 Å². The van der Waals surface area contributed by atoms with Gasteiger partial charge in [0.25, 0.3) is 0 Å². The zero-order chi connectivity index (χ0) is 58.7. The molecule has 0 unspecified atom stereocenters. The maximum absolute atomic E-state index is 9.73. The third-order valence-electron chi connectivity index (χ3n) is 17.1. The molecule has 0 aromatic heterocycles. The van der Waals surface area contributed by atoms with Crippen molar-refractivity contribution in [2.24, 2.45) is 0 Å². The van der Waals surface area contributed by atoms with Gasteiger partial charge >= 0.3 is 175 Å². The minimum Gasteiger partial charge on any atom is -0.348 e. The molecule has 3 heteroatoms. The first kappa shape index (κ1) is 77.0. The van der Waals surface area contributed by atoms with E-state index in [1.54, 1.807) is 9.79 Å². The number of unbranched alkanes of at least 4 members (excludes halogenated alkanes) is 39. The van der Waals surface area contributed by atoms with Crippen LogP contribution in [0.4, 0.5) is 0 Å². The first-order valence-electron chi connectivity index (χ1n) is 36.4. The Morgan fingerprint density at radius 3 is 0.852 bits per heavy atom. The molecule has 0 radical (unpaired) electrons. The van der Waals surface area contributed by atoms with E-state index in [2.05, 4.69) is 102 Å². The Balaban J connectivity index is 0.000000824. The normalized spacial score (nSPS) is 11.7. The topological polar surface area (TPSA) is 36.4 Å². The fourth-order valence-electron chi connectivity index (χ4n) is 11.9. The van der Waals surface area contributed by atoms with Crippen LogP contribution in [-0.4, -0.2) is 10.7 Å². The Morgan fingerprint density at radius 1 is 0.321 bits per heavy atom. The molecule has 0 aliphatic carbocycles. The molecule has 0 aliphatic heterocycles. The SMILES string of the molecule is CCCCCCCCCCCCCCCCC[CH2][Pd][CH2]CCCCCCCCCCCCCCCCC.CCCCCCc1cc(CCCCCC)cc(C(=C(CC)C(=C=[N+]=[N-])CCCC)c2cc(CCCC)cc(CCCC)c2)c1. The first-order chi connectivity index (χ1) is 40.0. The van der Waals surface area contributed by atoms with Crippen molar-refractivity contribution in [2.45, 2.75) is 399 Å². The number of nitrogens with zero attached hydrogens (tertiary/aromatic N) is 2. The van der Waals surface area contributed by atoms with E-state index in [0.717, 1.165) is 74.9 Å². The Labute approximate surface area is 516 Å². The second-order valence-electron chi connectivity index (χ2n) is 25.0. The van der Waals surface area contributed by atoms with Gasteiger partial charge < -0.3 is 5.53 Å². The first-order valence-corrected chi connectivity index (χ1v) is 38.6. The molecule has 81 heavy (non-hydrogen) atoms. The molecule has 0 N–H and O–H groups in total. The van der Waals surface area contributed by atoms with Gasteiger partial charge in [-0.25, -0.2) is 0 Å². The van der Waals surface area contributed by atoms with Gasteiger partial charge in [0, 0.05) is 0 Å². The van der Waals surface area contributed by atoms with Gasteiger partial charge in [-0.1, -0.05) is 214 Å². The van der Waals surface area contributed by atoms with Crippen LogP contribution >= 0.6 is 0 Å². The Bertz CT molecular complexity index is 1720. The summed E-state index contributed by atoms with van der Waals surface area (Å²) in [6, 6.07) is 14.9. The molecule has 0 spiro atoms. The predicted octanol–water partition coefficient (Wildman–Crippen LogP) is 27.3. The zero-order valence-electron chi connectivity index (χ0n) is 55.9. The molecule has 0 amide bonds. The summed E-state index contributed by atoms with van der Waals surface area (Å²) in [5.74, 6) is 3.05. The van der Waals surface area contributed by atoms with Crippen molar-refractivity contribution in [2.75, 3.05) is 0 Å². The van der Waals surface area contributed by atoms with E-state index in [1.165, 1.54) is 327 Å². The van der Waals surface area contributed by atoms with Crippen molar-refractivity contribution in [1.82, 2.24) is 0 Å². The monoisotopic (exact) mass is 1210 g/mol. The second kappa shape index (κ2) is 59.7. The number of rotatable bonds is 57. The van der Waals surface area contributed by atoms with Crippen molar-refractivity contribution >= 4 is 11.4 Å². The van der Waals surface area contributed by atoms with Crippen LogP contribution in [-0.2, 0) is 43.7 Å². The van der Waals surface area contributed by atoms with Gasteiger partial charge in [-0.15, -0.1) is 4.79 Å². The number of allylic oxidation sites excluding steroid dienone is 2. The fourth-order valence-corrected chi connectivity index (χ4v) is 13.8.